The van der Waals surface area contributed by atoms with E-state index >= 15 is 0 Å². The van der Waals surface area contributed by atoms with Crippen molar-refractivity contribution in [3.8, 4) is 0 Å². The molecule has 2 rings (SSSR count). The number of aryl methyl sites for hydroxylation is 1. The van der Waals surface area contributed by atoms with Gasteiger partial charge in [0.05, 0.1) is 4.90 Å². The van der Waals surface area contributed by atoms with Crippen molar-refractivity contribution < 1.29 is 18.0 Å². The second kappa shape index (κ2) is 5.59. The molecule has 1 aromatic rings. The van der Waals surface area contributed by atoms with Crippen LogP contribution in [0.1, 0.15) is 12.0 Å². The summed E-state index contributed by atoms with van der Waals surface area (Å²) in [6.07, 6.45) is 0.197. The third-order valence-corrected chi connectivity index (χ3v) is 4.34. The van der Waals surface area contributed by atoms with Gasteiger partial charge in [-0.2, -0.15) is 0 Å². The van der Waals surface area contributed by atoms with Crippen LogP contribution < -0.4 is 15.4 Å². The van der Waals surface area contributed by atoms with Crippen molar-refractivity contribution in [1.29, 1.82) is 0 Å². The molecule has 0 saturated carbocycles. The van der Waals surface area contributed by atoms with Crippen molar-refractivity contribution in [3.63, 3.8) is 0 Å². The normalized spacial score (nSPS) is 18.8. The van der Waals surface area contributed by atoms with Gasteiger partial charge in [-0.25, -0.2) is 17.9 Å². The van der Waals surface area contributed by atoms with E-state index in [1.807, 2.05) is 0 Å². The molecule has 7 nitrogen and oxygen atoms in total. The maximum atomic E-state index is 12.0. The van der Waals surface area contributed by atoms with Gasteiger partial charge in [-0.15, -0.1) is 0 Å². The Labute approximate surface area is 116 Å². The number of rotatable bonds is 5. The molecule has 1 fully saturated rings. The molecule has 0 spiro atoms. The van der Waals surface area contributed by atoms with E-state index in [9.17, 15) is 18.0 Å². The quantitative estimate of drug-likeness (QED) is 0.659. The Morgan fingerprint density at radius 2 is 2.05 bits per heavy atom. The van der Waals surface area contributed by atoms with Crippen LogP contribution in [0.2, 0.25) is 0 Å². The van der Waals surface area contributed by atoms with E-state index in [1.165, 1.54) is 6.07 Å². The molecule has 0 radical (unpaired) electrons. The summed E-state index contributed by atoms with van der Waals surface area (Å²) >= 11 is 0. The number of amides is 3. The molecule has 1 aromatic carbocycles. The van der Waals surface area contributed by atoms with Gasteiger partial charge in [-0.3, -0.25) is 10.1 Å². The van der Waals surface area contributed by atoms with E-state index < -0.39 is 28.0 Å². The van der Waals surface area contributed by atoms with Gasteiger partial charge in [0, 0.05) is 6.54 Å². The topological polar surface area (TPSA) is 104 Å². The van der Waals surface area contributed by atoms with E-state index in [1.54, 1.807) is 25.1 Å². The zero-order chi connectivity index (χ0) is 14.8. The first kappa shape index (κ1) is 14.5. The predicted octanol–water partition coefficient (Wildman–Crippen LogP) is -0.129. The molecule has 1 saturated heterocycles. The highest BCUT2D eigenvalue weighted by molar-refractivity contribution is 7.89. The van der Waals surface area contributed by atoms with E-state index in [0.29, 0.717) is 0 Å². The van der Waals surface area contributed by atoms with E-state index in [-0.39, 0.29) is 17.9 Å². The predicted molar refractivity (Wildman–Crippen MR) is 71.4 cm³/mol. The van der Waals surface area contributed by atoms with Gasteiger partial charge in [0.2, 0.25) is 10.0 Å². The number of hydrogen-bond donors (Lipinski definition) is 3. The Morgan fingerprint density at radius 3 is 2.65 bits per heavy atom. The molecule has 0 aromatic heterocycles. The van der Waals surface area contributed by atoms with Crippen molar-refractivity contribution in [2.75, 3.05) is 6.54 Å². The standard InChI is InChI=1S/C12H15N3O4S/c1-8-3-2-4-9(7-8)20(18,19)13-6-5-10-11(16)15-12(17)14-10/h2-4,7,10,13H,5-6H2,1H3,(H2,14,15,16,17). The fraction of sp³-hybridized carbons (Fsp3) is 0.333. The molecule has 1 atom stereocenters. The molecule has 8 heteroatoms. The molecule has 0 bridgehead atoms. The van der Waals surface area contributed by atoms with E-state index in [4.69, 9.17) is 0 Å². The van der Waals surface area contributed by atoms with Gasteiger partial charge in [-0.05, 0) is 31.0 Å². The first-order chi connectivity index (χ1) is 9.38. The average molecular weight is 297 g/mol. The van der Waals surface area contributed by atoms with Crippen LogP contribution in [0, 0.1) is 6.92 Å². The molecule has 1 aliphatic rings. The molecule has 0 aliphatic carbocycles. The number of nitrogens with one attached hydrogen (secondary N) is 3. The molecule has 1 heterocycles. The Kier molecular flexibility index (Phi) is 4.05. The monoisotopic (exact) mass is 297 g/mol. The summed E-state index contributed by atoms with van der Waals surface area (Å²) in [5.41, 5.74) is 0.843. The molecule has 3 N–H and O–H groups in total. The number of sulfonamides is 1. The second-order valence-corrected chi connectivity index (χ2v) is 6.29. The molecule has 20 heavy (non-hydrogen) atoms. The van der Waals surface area contributed by atoms with Crippen LogP contribution in [0.4, 0.5) is 4.79 Å². The number of carbonyl (C=O) groups is 2. The maximum Gasteiger partial charge on any atom is 0.322 e. The van der Waals surface area contributed by atoms with Crippen LogP contribution in [-0.2, 0) is 14.8 Å². The Hall–Kier alpha value is -1.93. The minimum absolute atomic E-state index is 0.0641. The Morgan fingerprint density at radius 1 is 1.30 bits per heavy atom. The minimum atomic E-state index is -3.60. The number of imide groups is 1. The van der Waals surface area contributed by atoms with Gasteiger partial charge in [0.1, 0.15) is 6.04 Å². The lowest BCUT2D eigenvalue weighted by molar-refractivity contribution is -0.120. The summed E-state index contributed by atoms with van der Waals surface area (Å²) in [5.74, 6) is -0.440. The summed E-state index contributed by atoms with van der Waals surface area (Å²) in [6, 6.07) is 5.28. The SMILES string of the molecule is Cc1cccc(S(=O)(=O)NCCC2NC(=O)NC2=O)c1. The zero-order valence-electron chi connectivity index (χ0n) is 10.8. The van der Waals surface area contributed by atoms with E-state index in [0.717, 1.165) is 5.56 Å². The average Bonchev–Trinajstić information content (AvgIpc) is 2.68. The van der Waals surface area contributed by atoms with Crippen molar-refractivity contribution in [2.24, 2.45) is 0 Å². The fourth-order valence-electron chi connectivity index (χ4n) is 1.87. The van der Waals surface area contributed by atoms with Crippen molar-refractivity contribution >= 4 is 22.0 Å². The highest BCUT2D eigenvalue weighted by Crippen LogP contribution is 2.10. The molecular weight excluding hydrogens is 282 g/mol. The largest absolute Gasteiger partial charge is 0.326 e. The molecular formula is C12H15N3O4S. The maximum absolute atomic E-state index is 12.0. The lowest BCUT2D eigenvalue weighted by Crippen LogP contribution is -2.34. The summed E-state index contributed by atoms with van der Waals surface area (Å²) < 4.78 is 26.4. The minimum Gasteiger partial charge on any atom is -0.326 e. The second-order valence-electron chi connectivity index (χ2n) is 4.52. The zero-order valence-corrected chi connectivity index (χ0v) is 11.7. The number of carbonyl (C=O) groups excluding carboxylic acids is 2. The molecule has 3 amide bonds. The summed E-state index contributed by atoms with van der Waals surface area (Å²) in [6.45, 7) is 1.87. The third kappa shape index (κ3) is 3.34. The van der Waals surface area contributed by atoms with E-state index in [2.05, 4.69) is 15.4 Å². The molecule has 108 valence electrons. The Balaban J connectivity index is 1.93. The first-order valence-electron chi connectivity index (χ1n) is 6.06. The van der Waals surface area contributed by atoms with Crippen LogP contribution in [0.3, 0.4) is 0 Å². The lowest BCUT2D eigenvalue weighted by Gasteiger charge is -2.09. The van der Waals surface area contributed by atoms with Crippen LogP contribution >= 0.6 is 0 Å². The summed E-state index contributed by atoms with van der Waals surface area (Å²) in [5, 5.41) is 4.49. The van der Waals surface area contributed by atoms with Gasteiger partial charge in [-0.1, -0.05) is 12.1 Å². The summed E-state index contributed by atoms with van der Waals surface area (Å²) in [4.78, 5) is 22.4. The summed E-state index contributed by atoms with van der Waals surface area (Å²) in [7, 11) is -3.60. The number of benzene rings is 1. The molecule has 1 aliphatic heterocycles. The van der Waals surface area contributed by atoms with Crippen molar-refractivity contribution in [2.45, 2.75) is 24.3 Å². The first-order valence-corrected chi connectivity index (χ1v) is 7.54. The fourth-order valence-corrected chi connectivity index (χ4v) is 3.02. The van der Waals surface area contributed by atoms with Gasteiger partial charge in [0.15, 0.2) is 0 Å². The van der Waals surface area contributed by atoms with Crippen LogP contribution in [0.25, 0.3) is 0 Å². The van der Waals surface area contributed by atoms with Crippen LogP contribution in [0.15, 0.2) is 29.2 Å². The third-order valence-electron chi connectivity index (χ3n) is 2.88. The lowest BCUT2D eigenvalue weighted by atomic mass is 10.2. The highest BCUT2D eigenvalue weighted by atomic mass is 32.2. The van der Waals surface area contributed by atoms with Crippen molar-refractivity contribution in [3.05, 3.63) is 29.8 Å². The van der Waals surface area contributed by atoms with Gasteiger partial charge in [0.25, 0.3) is 5.91 Å². The highest BCUT2D eigenvalue weighted by Gasteiger charge is 2.29. The van der Waals surface area contributed by atoms with Gasteiger partial charge < -0.3 is 5.32 Å². The number of urea groups is 1. The smallest absolute Gasteiger partial charge is 0.322 e. The Bertz CT molecular complexity index is 642. The van der Waals surface area contributed by atoms with Crippen LogP contribution in [0.5, 0.6) is 0 Å². The van der Waals surface area contributed by atoms with Crippen LogP contribution in [-0.4, -0.2) is 32.9 Å². The number of hydrogen-bond acceptors (Lipinski definition) is 4. The van der Waals surface area contributed by atoms with Gasteiger partial charge >= 0.3 is 6.03 Å². The van der Waals surface area contributed by atoms with Crippen molar-refractivity contribution in [1.82, 2.24) is 15.4 Å². The molecule has 1 unspecified atom stereocenters.